The van der Waals surface area contributed by atoms with Crippen molar-refractivity contribution in [3.63, 3.8) is 0 Å². The van der Waals surface area contributed by atoms with Crippen molar-refractivity contribution in [2.75, 3.05) is 20.0 Å². The third kappa shape index (κ3) is 9.33. The van der Waals surface area contributed by atoms with Crippen molar-refractivity contribution in [1.82, 2.24) is 0 Å². The Labute approximate surface area is 193 Å². The summed E-state index contributed by atoms with van der Waals surface area (Å²) < 4.78 is 26.3. The summed E-state index contributed by atoms with van der Waals surface area (Å²) in [5, 5.41) is 0. The Kier molecular flexibility index (Phi) is 10.9. The molecule has 0 spiro atoms. The minimum absolute atomic E-state index is 0.0161. The molecule has 1 saturated carbocycles. The summed E-state index contributed by atoms with van der Waals surface area (Å²) in [6.07, 6.45) is 6.17. The lowest BCUT2D eigenvalue weighted by molar-refractivity contribution is -0.156. The van der Waals surface area contributed by atoms with E-state index in [0.29, 0.717) is 11.7 Å². The average molecular weight is 459 g/mol. The number of esters is 3. The molecule has 1 aliphatic rings. The Hall–Kier alpha value is -3.39. The lowest BCUT2D eigenvalue weighted by Gasteiger charge is -2.28. The quantitative estimate of drug-likeness (QED) is 0.191. The van der Waals surface area contributed by atoms with Crippen LogP contribution in [0.2, 0.25) is 0 Å². The molecule has 1 unspecified atom stereocenters. The third-order valence-electron chi connectivity index (χ3n) is 5.16. The maximum Gasteiger partial charge on any atom is 0.332 e. The lowest BCUT2D eigenvalue weighted by atomic mass is 9.83. The SMILES string of the molecule is C=CC(=O)OCOC1CCC(c2ccc(OCC(COC(=O)C=C)OC(=O)C=C)cc2)CC1. The topological polar surface area (TPSA) is 97.4 Å². The van der Waals surface area contributed by atoms with E-state index in [0.717, 1.165) is 43.9 Å². The maximum absolute atomic E-state index is 11.5. The summed E-state index contributed by atoms with van der Waals surface area (Å²) in [5.74, 6) is -0.721. The van der Waals surface area contributed by atoms with E-state index in [1.807, 2.05) is 24.3 Å². The Balaban J connectivity index is 1.80. The number of ether oxygens (including phenoxy) is 5. The van der Waals surface area contributed by atoms with Crippen LogP contribution in [0.1, 0.15) is 37.2 Å². The predicted octanol–water partition coefficient (Wildman–Crippen LogP) is 3.62. The van der Waals surface area contributed by atoms with Gasteiger partial charge in [0.2, 0.25) is 0 Å². The van der Waals surface area contributed by atoms with Crippen LogP contribution in [0.5, 0.6) is 5.75 Å². The van der Waals surface area contributed by atoms with Crippen molar-refractivity contribution >= 4 is 17.9 Å². The fourth-order valence-electron chi connectivity index (χ4n) is 3.40. The van der Waals surface area contributed by atoms with Gasteiger partial charge in [-0.1, -0.05) is 31.9 Å². The van der Waals surface area contributed by atoms with E-state index >= 15 is 0 Å². The molecule has 1 aromatic rings. The van der Waals surface area contributed by atoms with Crippen molar-refractivity contribution in [2.24, 2.45) is 0 Å². The predicted molar refractivity (Wildman–Crippen MR) is 120 cm³/mol. The van der Waals surface area contributed by atoms with Crippen LogP contribution >= 0.6 is 0 Å². The van der Waals surface area contributed by atoms with E-state index < -0.39 is 24.0 Å². The summed E-state index contributed by atoms with van der Waals surface area (Å²) >= 11 is 0. The summed E-state index contributed by atoms with van der Waals surface area (Å²) in [4.78, 5) is 33.8. The highest BCUT2D eigenvalue weighted by Crippen LogP contribution is 2.34. The molecular formula is C25H30O8. The molecule has 0 saturated heterocycles. The van der Waals surface area contributed by atoms with Crippen LogP contribution in [-0.2, 0) is 33.3 Å². The first-order chi connectivity index (χ1) is 15.9. The van der Waals surface area contributed by atoms with Crippen molar-refractivity contribution < 1.29 is 38.1 Å². The molecule has 0 amide bonds. The summed E-state index contributed by atoms with van der Waals surface area (Å²) in [6, 6.07) is 7.73. The first kappa shape index (κ1) is 25.9. The van der Waals surface area contributed by atoms with Crippen LogP contribution in [0.25, 0.3) is 0 Å². The molecule has 0 aliphatic heterocycles. The van der Waals surface area contributed by atoms with E-state index in [-0.39, 0.29) is 26.1 Å². The average Bonchev–Trinajstić information content (AvgIpc) is 2.85. The molecule has 0 radical (unpaired) electrons. The molecule has 8 nitrogen and oxygen atoms in total. The van der Waals surface area contributed by atoms with E-state index in [1.54, 1.807) is 0 Å². The van der Waals surface area contributed by atoms with Crippen LogP contribution in [0.4, 0.5) is 0 Å². The molecule has 2 rings (SSSR count). The van der Waals surface area contributed by atoms with Gasteiger partial charge in [0.25, 0.3) is 0 Å². The highest BCUT2D eigenvalue weighted by Gasteiger charge is 2.23. The van der Waals surface area contributed by atoms with Crippen molar-refractivity contribution in [3.8, 4) is 5.75 Å². The monoisotopic (exact) mass is 458 g/mol. The van der Waals surface area contributed by atoms with Gasteiger partial charge in [-0.3, -0.25) is 0 Å². The molecule has 0 N–H and O–H groups in total. The molecule has 1 fully saturated rings. The molecule has 1 aromatic carbocycles. The van der Waals surface area contributed by atoms with Gasteiger partial charge >= 0.3 is 17.9 Å². The van der Waals surface area contributed by atoms with Crippen molar-refractivity contribution in [2.45, 2.75) is 43.8 Å². The smallest absolute Gasteiger partial charge is 0.332 e. The second-order valence-corrected chi connectivity index (χ2v) is 7.40. The molecule has 178 valence electrons. The van der Waals surface area contributed by atoms with Gasteiger partial charge in [-0.2, -0.15) is 0 Å². The zero-order valence-corrected chi connectivity index (χ0v) is 18.6. The molecule has 1 atom stereocenters. The van der Waals surface area contributed by atoms with Gasteiger partial charge in [0.05, 0.1) is 6.10 Å². The number of benzene rings is 1. The number of rotatable bonds is 13. The highest BCUT2D eigenvalue weighted by molar-refractivity contribution is 5.82. The molecule has 1 aliphatic carbocycles. The normalized spacial score (nSPS) is 18.3. The zero-order chi connectivity index (χ0) is 24.1. The molecule has 0 heterocycles. The number of carbonyl (C=O) groups is 3. The maximum atomic E-state index is 11.5. The lowest BCUT2D eigenvalue weighted by Crippen LogP contribution is -2.30. The van der Waals surface area contributed by atoms with Gasteiger partial charge in [0, 0.05) is 18.2 Å². The molecule has 0 aromatic heterocycles. The number of carbonyl (C=O) groups excluding carboxylic acids is 3. The fraction of sp³-hybridized carbons (Fsp3) is 0.400. The first-order valence-corrected chi connectivity index (χ1v) is 10.7. The summed E-state index contributed by atoms with van der Waals surface area (Å²) in [5.41, 5.74) is 1.20. The third-order valence-corrected chi connectivity index (χ3v) is 5.16. The van der Waals surface area contributed by atoms with Gasteiger partial charge in [-0.15, -0.1) is 0 Å². The van der Waals surface area contributed by atoms with E-state index in [2.05, 4.69) is 19.7 Å². The Morgan fingerprint density at radius 3 is 2.06 bits per heavy atom. The van der Waals surface area contributed by atoms with Gasteiger partial charge in [-0.05, 0) is 49.3 Å². The summed E-state index contributed by atoms with van der Waals surface area (Å²) in [7, 11) is 0. The number of hydrogen-bond acceptors (Lipinski definition) is 8. The van der Waals surface area contributed by atoms with E-state index in [9.17, 15) is 14.4 Å². The van der Waals surface area contributed by atoms with Gasteiger partial charge in [-0.25, -0.2) is 14.4 Å². The van der Waals surface area contributed by atoms with Gasteiger partial charge in [0.1, 0.15) is 19.0 Å². The second-order valence-electron chi connectivity index (χ2n) is 7.40. The molecule has 8 heteroatoms. The first-order valence-electron chi connectivity index (χ1n) is 10.7. The van der Waals surface area contributed by atoms with E-state index in [4.69, 9.17) is 23.7 Å². The van der Waals surface area contributed by atoms with Crippen LogP contribution in [0, 0.1) is 0 Å². The minimum atomic E-state index is -0.778. The van der Waals surface area contributed by atoms with E-state index in [1.165, 1.54) is 5.56 Å². The molecule has 33 heavy (non-hydrogen) atoms. The van der Waals surface area contributed by atoms with Crippen LogP contribution in [0.3, 0.4) is 0 Å². The van der Waals surface area contributed by atoms with Crippen molar-refractivity contribution in [1.29, 1.82) is 0 Å². The standard InChI is InChI=1S/C25H30O8/c1-4-23(26)30-16-22(33-25(28)6-3)15-29-20-11-7-18(8-12-20)19-9-13-21(14-10-19)31-17-32-24(27)5-2/h4-8,11-12,19,21-22H,1-3,9-10,13-17H2. The Morgan fingerprint density at radius 1 is 0.848 bits per heavy atom. The van der Waals surface area contributed by atoms with Crippen LogP contribution in [0.15, 0.2) is 62.2 Å². The minimum Gasteiger partial charge on any atom is -0.490 e. The Morgan fingerprint density at radius 2 is 1.45 bits per heavy atom. The van der Waals surface area contributed by atoms with Gasteiger partial charge in [0.15, 0.2) is 12.9 Å². The second kappa shape index (κ2) is 13.9. The largest absolute Gasteiger partial charge is 0.490 e. The van der Waals surface area contributed by atoms with Crippen molar-refractivity contribution in [3.05, 3.63) is 67.8 Å². The van der Waals surface area contributed by atoms with Crippen LogP contribution in [-0.4, -0.2) is 50.1 Å². The summed E-state index contributed by atoms with van der Waals surface area (Å²) in [6.45, 7) is 9.84. The van der Waals surface area contributed by atoms with Gasteiger partial charge < -0.3 is 23.7 Å². The number of hydrogen-bond donors (Lipinski definition) is 0. The van der Waals surface area contributed by atoms with Crippen LogP contribution < -0.4 is 4.74 Å². The molecule has 0 bridgehead atoms. The zero-order valence-electron chi connectivity index (χ0n) is 18.6. The highest BCUT2D eigenvalue weighted by atomic mass is 16.7. The Bertz CT molecular complexity index is 821. The molecular weight excluding hydrogens is 428 g/mol. The fourth-order valence-corrected chi connectivity index (χ4v) is 3.40.